The molecule has 0 aliphatic heterocycles. The minimum Gasteiger partial charge on any atom is -0.363 e. The number of rotatable bonds is 3. The van der Waals surface area contributed by atoms with Gasteiger partial charge in [0.15, 0.2) is 0 Å². The molecule has 0 fully saturated rings. The third-order valence-corrected chi connectivity index (χ3v) is 3.37. The zero-order chi connectivity index (χ0) is 14.1. The number of fused-ring (bicyclic) bond motifs is 1. The third-order valence-electron chi connectivity index (χ3n) is 3.11. The summed E-state index contributed by atoms with van der Waals surface area (Å²) in [6.07, 6.45) is 1.50. The molecule has 0 aliphatic carbocycles. The summed E-state index contributed by atoms with van der Waals surface area (Å²) >= 11 is 5.91. The minimum absolute atomic E-state index is 0.126. The van der Waals surface area contributed by atoms with E-state index in [0.717, 1.165) is 22.1 Å². The van der Waals surface area contributed by atoms with Gasteiger partial charge < -0.3 is 5.32 Å². The summed E-state index contributed by atoms with van der Waals surface area (Å²) in [4.78, 5) is 8.43. The average molecular weight is 288 g/mol. The molecule has 0 bridgehead atoms. The maximum atomic E-state index is 5.91. The number of benzene rings is 1. The molecule has 0 aliphatic rings. The minimum atomic E-state index is 0.126. The topological polar surface area (TPSA) is 55.1 Å². The van der Waals surface area contributed by atoms with Crippen molar-refractivity contribution in [2.45, 2.75) is 19.9 Å². The lowest BCUT2D eigenvalue weighted by Crippen LogP contribution is -2.11. The number of aryl methyl sites for hydroxylation is 1. The molecule has 1 unspecified atom stereocenters. The fourth-order valence-electron chi connectivity index (χ4n) is 2.09. The van der Waals surface area contributed by atoms with Crippen molar-refractivity contribution in [1.82, 2.24) is 19.6 Å². The van der Waals surface area contributed by atoms with E-state index in [1.54, 1.807) is 4.52 Å². The SMILES string of the molecule is Cc1cc(NC(C)c2ccc(Cl)cc2)n2ncnc2n1. The van der Waals surface area contributed by atoms with Crippen LogP contribution in [0.2, 0.25) is 5.02 Å². The Balaban J connectivity index is 1.92. The van der Waals surface area contributed by atoms with Gasteiger partial charge in [-0.05, 0) is 31.5 Å². The summed E-state index contributed by atoms with van der Waals surface area (Å²) in [7, 11) is 0. The maximum Gasteiger partial charge on any atom is 0.254 e. The van der Waals surface area contributed by atoms with Crippen molar-refractivity contribution < 1.29 is 0 Å². The standard InChI is InChI=1S/C14H14ClN5/c1-9-7-13(20-14(18-9)16-8-17-20)19-10(2)11-3-5-12(15)6-4-11/h3-8,10,19H,1-2H3. The quantitative estimate of drug-likeness (QED) is 0.803. The average Bonchev–Trinajstić information content (AvgIpc) is 2.87. The van der Waals surface area contributed by atoms with Gasteiger partial charge in [0.1, 0.15) is 12.1 Å². The van der Waals surface area contributed by atoms with Crippen LogP contribution >= 0.6 is 11.6 Å². The van der Waals surface area contributed by atoms with Crippen molar-refractivity contribution in [3.8, 4) is 0 Å². The molecule has 1 aromatic carbocycles. The fraction of sp³-hybridized carbons (Fsp3) is 0.214. The highest BCUT2D eigenvalue weighted by atomic mass is 35.5. The van der Waals surface area contributed by atoms with E-state index in [2.05, 4.69) is 27.3 Å². The Labute approximate surface area is 121 Å². The summed E-state index contributed by atoms with van der Waals surface area (Å²) in [5.41, 5.74) is 2.05. The van der Waals surface area contributed by atoms with Gasteiger partial charge in [-0.15, -0.1) is 0 Å². The predicted molar refractivity (Wildman–Crippen MR) is 79.0 cm³/mol. The third kappa shape index (κ3) is 2.44. The van der Waals surface area contributed by atoms with Crippen LogP contribution in [0, 0.1) is 6.92 Å². The van der Waals surface area contributed by atoms with Crippen molar-refractivity contribution in [2.24, 2.45) is 0 Å². The van der Waals surface area contributed by atoms with Gasteiger partial charge in [0.2, 0.25) is 0 Å². The van der Waals surface area contributed by atoms with E-state index < -0.39 is 0 Å². The molecular weight excluding hydrogens is 274 g/mol. The van der Waals surface area contributed by atoms with E-state index in [9.17, 15) is 0 Å². The van der Waals surface area contributed by atoms with Crippen molar-refractivity contribution in [3.63, 3.8) is 0 Å². The first-order valence-electron chi connectivity index (χ1n) is 6.33. The molecule has 102 valence electrons. The molecule has 3 aromatic rings. The predicted octanol–water partition coefficient (Wildman–Crippen LogP) is 3.26. The van der Waals surface area contributed by atoms with Crippen LogP contribution in [0.15, 0.2) is 36.7 Å². The van der Waals surface area contributed by atoms with Crippen LogP contribution in [0.5, 0.6) is 0 Å². The van der Waals surface area contributed by atoms with Gasteiger partial charge in [-0.25, -0.2) is 4.98 Å². The molecule has 6 heteroatoms. The Morgan fingerprint density at radius 2 is 2.00 bits per heavy atom. The number of hydrogen-bond donors (Lipinski definition) is 1. The summed E-state index contributed by atoms with van der Waals surface area (Å²) in [6, 6.07) is 9.87. The van der Waals surface area contributed by atoms with Crippen LogP contribution in [-0.4, -0.2) is 19.6 Å². The lowest BCUT2D eigenvalue weighted by atomic mass is 10.1. The molecule has 20 heavy (non-hydrogen) atoms. The number of hydrogen-bond acceptors (Lipinski definition) is 4. The second-order valence-corrected chi connectivity index (χ2v) is 5.11. The molecule has 0 spiro atoms. The Morgan fingerprint density at radius 3 is 2.75 bits per heavy atom. The van der Waals surface area contributed by atoms with Crippen molar-refractivity contribution >= 4 is 23.2 Å². The van der Waals surface area contributed by atoms with E-state index in [1.807, 2.05) is 37.3 Å². The van der Waals surface area contributed by atoms with Crippen LogP contribution in [0.3, 0.4) is 0 Å². The number of nitrogens with one attached hydrogen (secondary N) is 1. The Hall–Kier alpha value is -2.14. The normalized spacial score (nSPS) is 12.6. The zero-order valence-electron chi connectivity index (χ0n) is 11.2. The molecule has 0 radical (unpaired) electrons. The molecule has 1 N–H and O–H groups in total. The summed E-state index contributed by atoms with van der Waals surface area (Å²) in [6.45, 7) is 4.02. The zero-order valence-corrected chi connectivity index (χ0v) is 12.0. The molecule has 0 amide bonds. The lowest BCUT2D eigenvalue weighted by Gasteiger charge is -2.16. The molecule has 0 saturated heterocycles. The van der Waals surface area contributed by atoms with Crippen LogP contribution in [0.1, 0.15) is 24.2 Å². The van der Waals surface area contributed by atoms with Crippen LogP contribution in [0.4, 0.5) is 5.82 Å². The van der Waals surface area contributed by atoms with Crippen molar-refractivity contribution in [2.75, 3.05) is 5.32 Å². The van der Waals surface area contributed by atoms with Crippen LogP contribution < -0.4 is 5.32 Å². The van der Waals surface area contributed by atoms with E-state index in [4.69, 9.17) is 11.6 Å². The molecule has 3 rings (SSSR count). The first kappa shape index (κ1) is 12.9. The van der Waals surface area contributed by atoms with E-state index in [-0.39, 0.29) is 6.04 Å². The molecule has 1 atom stereocenters. The molecular formula is C14H14ClN5. The largest absolute Gasteiger partial charge is 0.363 e. The second-order valence-electron chi connectivity index (χ2n) is 4.67. The van der Waals surface area contributed by atoms with E-state index in [1.165, 1.54) is 6.33 Å². The first-order chi connectivity index (χ1) is 9.63. The van der Waals surface area contributed by atoms with Gasteiger partial charge in [-0.3, -0.25) is 0 Å². The van der Waals surface area contributed by atoms with Gasteiger partial charge in [0, 0.05) is 22.8 Å². The molecule has 5 nitrogen and oxygen atoms in total. The molecule has 2 heterocycles. The van der Waals surface area contributed by atoms with Crippen molar-refractivity contribution in [3.05, 3.63) is 52.9 Å². The summed E-state index contributed by atoms with van der Waals surface area (Å²) in [5, 5.41) is 8.34. The molecule has 2 aromatic heterocycles. The highest BCUT2D eigenvalue weighted by molar-refractivity contribution is 6.30. The Bertz CT molecular complexity index is 735. The van der Waals surface area contributed by atoms with Crippen LogP contribution in [-0.2, 0) is 0 Å². The lowest BCUT2D eigenvalue weighted by molar-refractivity contribution is 0.837. The van der Waals surface area contributed by atoms with E-state index in [0.29, 0.717) is 5.78 Å². The monoisotopic (exact) mass is 287 g/mol. The van der Waals surface area contributed by atoms with Gasteiger partial charge in [0.25, 0.3) is 5.78 Å². The van der Waals surface area contributed by atoms with Crippen molar-refractivity contribution in [1.29, 1.82) is 0 Å². The highest BCUT2D eigenvalue weighted by Crippen LogP contribution is 2.21. The van der Waals surface area contributed by atoms with Gasteiger partial charge in [0.05, 0.1) is 0 Å². The fourth-order valence-corrected chi connectivity index (χ4v) is 2.22. The number of halogens is 1. The molecule has 0 saturated carbocycles. The van der Waals surface area contributed by atoms with Gasteiger partial charge >= 0.3 is 0 Å². The number of aromatic nitrogens is 4. The van der Waals surface area contributed by atoms with Crippen LogP contribution in [0.25, 0.3) is 5.78 Å². The Morgan fingerprint density at radius 1 is 1.25 bits per heavy atom. The maximum absolute atomic E-state index is 5.91. The highest BCUT2D eigenvalue weighted by Gasteiger charge is 2.10. The summed E-state index contributed by atoms with van der Waals surface area (Å²) < 4.78 is 1.69. The smallest absolute Gasteiger partial charge is 0.254 e. The van der Waals surface area contributed by atoms with Gasteiger partial charge in [-0.2, -0.15) is 14.6 Å². The Kier molecular flexibility index (Phi) is 3.28. The second kappa shape index (κ2) is 5.09. The number of anilines is 1. The van der Waals surface area contributed by atoms with Gasteiger partial charge in [-0.1, -0.05) is 23.7 Å². The number of nitrogens with zero attached hydrogens (tertiary/aromatic N) is 4. The summed E-state index contributed by atoms with van der Waals surface area (Å²) in [5.74, 6) is 1.46. The van der Waals surface area contributed by atoms with E-state index >= 15 is 0 Å². The first-order valence-corrected chi connectivity index (χ1v) is 6.70.